The average Bonchev–Trinajstić information content (AvgIpc) is 2.32. The summed E-state index contributed by atoms with van der Waals surface area (Å²) in [5.74, 6) is -6.44. The fourth-order valence-electron chi connectivity index (χ4n) is 1.23. The Kier molecular flexibility index (Phi) is 3.00. The minimum absolute atomic E-state index is 0.0326. The van der Waals surface area contributed by atoms with Gasteiger partial charge in [-0.25, -0.2) is 22.5 Å². The molecule has 1 aromatic carbocycles. The number of rotatable bonds is 2. The molecular weight excluding hydrogens is 252 g/mol. The number of nitrogens with two attached hydrogens (primary N) is 1. The van der Waals surface area contributed by atoms with E-state index in [2.05, 4.69) is 9.97 Å². The predicted molar refractivity (Wildman–Crippen MR) is 56.0 cm³/mol. The average molecular weight is 258 g/mol. The Hall–Kier alpha value is -2.38. The van der Waals surface area contributed by atoms with E-state index in [1.807, 2.05) is 5.32 Å². The van der Waals surface area contributed by atoms with Gasteiger partial charge in [0.2, 0.25) is 5.95 Å². The molecular formula is C10H6F4N4. The SMILES string of the molecule is Nc1ccnc(Nc2c(F)c(F)cc(F)c2F)n1. The molecule has 8 heteroatoms. The van der Waals surface area contributed by atoms with Gasteiger partial charge < -0.3 is 11.1 Å². The van der Waals surface area contributed by atoms with Gasteiger partial charge in [-0.15, -0.1) is 0 Å². The zero-order valence-corrected chi connectivity index (χ0v) is 8.72. The molecule has 0 radical (unpaired) electrons. The minimum Gasteiger partial charge on any atom is -0.384 e. The van der Waals surface area contributed by atoms with E-state index in [1.54, 1.807) is 0 Å². The van der Waals surface area contributed by atoms with Crippen molar-refractivity contribution >= 4 is 17.5 Å². The second-order valence-corrected chi connectivity index (χ2v) is 3.27. The van der Waals surface area contributed by atoms with Crippen molar-refractivity contribution in [2.45, 2.75) is 0 Å². The summed E-state index contributed by atoms with van der Waals surface area (Å²) in [7, 11) is 0. The Morgan fingerprint density at radius 1 is 1.06 bits per heavy atom. The first-order chi connectivity index (χ1) is 8.49. The topological polar surface area (TPSA) is 63.8 Å². The number of nitrogens with zero attached hydrogens (tertiary/aromatic N) is 2. The monoisotopic (exact) mass is 258 g/mol. The van der Waals surface area contributed by atoms with Gasteiger partial charge in [-0.05, 0) is 6.07 Å². The van der Waals surface area contributed by atoms with Crippen LogP contribution in [0.3, 0.4) is 0 Å². The molecule has 0 fully saturated rings. The summed E-state index contributed by atoms with van der Waals surface area (Å²) in [6.45, 7) is 0. The summed E-state index contributed by atoms with van der Waals surface area (Å²) < 4.78 is 52.4. The first-order valence-corrected chi connectivity index (χ1v) is 4.67. The van der Waals surface area contributed by atoms with Crippen LogP contribution in [0.5, 0.6) is 0 Å². The molecule has 0 spiro atoms. The molecule has 0 aliphatic heterocycles. The van der Waals surface area contributed by atoms with Crippen LogP contribution in [0.4, 0.5) is 35.0 Å². The highest BCUT2D eigenvalue weighted by molar-refractivity contribution is 5.56. The van der Waals surface area contributed by atoms with Crippen molar-refractivity contribution in [3.63, 3.8) is 0 Å². The zero-order chi connectivity index (χ0) is 13.3. The van der Waals surface area contributed by atoms with E-state index in [9.17, 15) is 17.6 Å². The maximum Gasteiger partial charge on any atom is 0.229 e. The van der Waals surface area contributed by atoms with Gasteiger partial charge >= 0.3 is 0 Å². The Morgan fingerprint density at radius 2 is 1.67 bits per heavy atom. The summed E-state index contributed by atoms with van der Waals surface area (Å²) in [4.78, 5) is 7.18. The zero-order valence-electron chi connectivity index (χ0n) is 8.72. The Bertz CT molecular complexity index is 576. The van der Waals surface area contributed by atoms with Crippen LogP contribution in [0.25, 0.3) is 0 Å². The standard InChI is InChI=1S/C10H6F4N4/c11-4-3-5(12)8(14)9(7(4)13)18-10-16-2-1-6(15)17-10/h1-3H,(H3,15,16,17,18). The molecule has 1 heterocycles. The van der Waals surface area contributed by atoms with Gasteiger partial charge in [-0.3, -0.25) is 0 Å². The molecule has 4 nitrogen and oxygen atoms in total. The maximum absolute atomic E-state index is 13.3. The molecule has 18 heavy (non-hydrogen) atoms. The summed E-state index contributed by atoms with van der Waals surface area (Å²) in [5, 5.41) is 2.03. The summed E-state index contributed by atoms with van der Waals surface area (Å²) in [6, 6.07) is 1.44. The number of hydrogen-bond donors (Lipinski definition) is 2. The second-order valence-electron chi connectivity index (χ2n) is 3.27. The van der Waals surface area contributed by atoms with Crippen molar-refractivity contribution in [2.24, 2.45) is 0 Å². The van der Waals surface area contributed by atoms with E-state index in [1.165, 1.54) is 12.3 Å². The van der Waals surface area contributed by atoms with Gasteiger partial charge in [-0.1, -0.05) is 0 Å². The van der Waals surface area contributed by atoms with Crippen LogP contribution in [0.2, 0.25) is 0 Å². The molecule has 94 valence electrons. The van der Waals surface area contributed by atoms with Crippen molar-refractivity contribution in [3.8, 4) is 0 Å². The predicted octanol–water partition coefficient (Wildman–Crippen LogP) is 2.36. The lowest BCUT2D eigenvalue weighted by atomic mass is 10.2. The number of halogens is 4. The van der Waals surface area contributed by atoms with Crippen LogP contribution >= 0.6 is 0 Å². The van der Waals surface area contributed by atoms with Crippen molar-refractivity contribution in [3.05, 3.63) is 41.6 Å². The fourth-order valence-corrected chi connectivity index (χ4v) is 1.23. The third-order valence-corrected chi connectivity index (χ3v) is 2.03. The van der Waals surface area contributed by atoms with Gasteiger partial charge in [0.1, 0.15) is 11.5 Å². The molecule has 1 aromatic heterocycles. The van der Waals surface area contributed by atoms with Crippen LogP contribution in [0.15, 0.2) is 18.3 Å². The molecule has 0 saturated heterocycles. The molecule has 0 bridgehead atoms. The second kappa shape index (κ2) is 4.47. The highest BCUT2D eigenvalue weighted by Crippen LogP contribution is 2.26. The molecule has 0 atom stereocenters. The summed E-state index contributed by atoms with van der Waals surface area (Å²) in [6.07, 6.45) is 1.22. The minimum atomic E-state index is -1.57. The number of nitrogen functional groups attached to an aromatic ring is 1. The fraction of sp³-hybridized carbons (Fsp3) is 0. The van der Waals surface area contributed by atoms with Crippen LogP contribution in [0, 0.1) is 23.3 Å². The first-order valence-electron chi connectivity index (χ1n) is 4.67. The lowest BCUT2D eigenvalue weighted by Gasteiger charge is -2.08. The maximum atomic E-state index is 13.3. The van der Waals surface area contributed by atoms with E-state index < -0.39 is 29.0 Å². The van der Waals surface area contributed by atoms with Crippen LogP contribution in [-0.4, -0.2) is 9.97 Å². The Morgan fingerprint density at radius 3 is 2.22 bits per heavy atom. The number of benzene rings is 1. The lowest BCUT2D eigenvalue weighted by molar-refractivity contribution is 0.459. The van der Waals surface area contributed by atoms with Gasteiger partial charge in [0, 0.05) is 12.3 Å². The smallest absolute Gasteiger partial charge is 0.229 e. The number of nitrogens with one attached hydrogen (secondary N) is 1. The van der Waals surface area contributed by atoms with E-state index in [0.717, 1.165) is 0 Å². The molecule has 2 aromatic rings. The third-order valence-electron chi connectivity index (χ3n) is 2.03. The van der Waals surface area contributed by atoms with E-state index in [4.69, 9.17) is 5.73 Å². The van der Waals surface area contributed by atoms with E-state index in [0.29, 0.717) is 0 Å². The van der Waals surface area contributed by atoms with Crippen molar-refractivity contribution in [2.75, 3.05) is 11.1 Å². The number of anilines is 3. The third kappa shape index (κ3) is 2.17. The number of aromatic nitrogens is 2. The van der Waals surface area contributed by atoms with Crippen molar-refractivity contribution in [1.29, 1.82) is 0 Å². The first kappa shape index (κ1) is 12.1. The van der Waals surface area contributed by atoms with Crippen molar-refractivity contribution < 1.29 is 17.6 Å². The summed E-state index contributed by atoms with van der Waals surface area (Å²) >= 11 is 0. The molecule has 0 aliphatic rings. The largest absolute Gasteiger partial charge is 0.384 e. The van der Waals surface area contributed by atoms with Crippen LogP contribution < -0.4 is 11.1 Å². The molecule has 0 aliphatic carbocycles. The van der Waals surface area contributed by atoms with Crippen LogP contribution in [-0.2, 0) is 0 Å². The molecule has 0 amide bonds. The lowest BCUT2D eigenvalue weighted by Crippen LogP contribution is -2.06. The highest BCUT2D eigenvalue weighted by Gasteiger charge is 2.19. The number of hydrogen-bond acceptors (Lipinski definition) is 4. The van der Waals surface area contributed by atoms with Gasteiger partial charge in [-0.2, -0.15) is 4.98 Å². The molecule has 3 N–H and O–H groups in total. The molecule has 0 saturated carbocycles. The Balaban J connectivity index is 2.46. The highest BCUT2D eigenvalue weighted by atomic mass is 19.2. The Labute approximate surface area is 98.5 Å². The molecule has 0 unspecified atom stereocenters. The van der Waals surface area contributed by atoms with E-state index >= 15 is 0 Å². The van der Waals surface area contributed by atoms with E-state index in [-0.39, 0.29) is 17.8 Å². The summed E-state index contributed by atoms with van der Waals surface area (Å²) in [5.41, 5.74) is 4.31. The van der Waals surface area contributed by atoms with Crippen LogP contribution in [0.1, 0.15) is 0 Å². The molecule has 2 rings (SSSR count). The van der Waals surface area contributed by atoms with Gasteiger partial charge in [0.25, 0.3) is 0 Å². The van der Waals surface area contributed by atoms with Gasteiger partial charge in [0.15, 0.2) is 23.3 Å². The van der Waals surface area contributed by atoms with Crippen molar-refractivity contribution in [1.82, 2.24) is 9.97 Å². The van der Waals surface area contributed by atoms with Gasteiger partial charge in [0.05, 0.1) is 0 Å². The quantitative estimate of drug-likeness (QED) is 0.641. The normalized spacial score (nSPS) is 10.4.